The van der Waals surface area contributed by atoms with Gasteiger partial charge in [-0.05, 0) is 19.1 Å². The van der Waals surface area contributed by atoms with Crippen molar-refractivity contribution in [2.24, 2.45) is 5.73 Å². The van der Waals surface area contributed by atoms with Crippen LogP contribution in [0.15, 0.2) is 41.5 Å². The lowest BCUT2D eigenvalue weighted by atomic mass is 10.0. The highest BCUT2D eigenvalue weighted by Crippen LogP contribution is 2.44. The largest absolute Gasteiger partial charge is 0.497 e. The Balaban J connectivity index is 2.08. The first-order valence-electron chi connectivity index (χ1n) is 6.01. The quantitative estimate of drug-likeness (QED) is 0.809. The lowest BCUT2D eigenvalue weighted by Gasteiger charge is -2.29. The first kappa shape index (κ1) is 12.2. The van der Waals surface area contributed by atoms with E-state index in [1.165, 1.54) is 0 Å². The van der Waals surface area contributed by atoms with Gasteiger partial charge in [0.1, 0.15) is 23.3 Å². The standard InChI is InChI=1S/C14H13N3O3/c1-8-6-14(10(7-15)13(16)19-8)17-11-5-9(18-2)3-4-12(11)20-14/h3-6,17H,16H2,1-2H3/t14-/m0/s1. The highest BCUT2D eigenvalue weighted by molar-refractivity contribution is 5.69. The minimum atomic E-state index is -1.12. The van der Waals surface area contributed by atoms with Crippen molar-refractivity contribution in [3.8, 4) is 17.6 Å². The van der Waals surface area contributed by atoms with Gasteiger partial charge in [-0.3, -0.25) is 0 Å². The third-order valence-corrected chi connectivity index (χ3v) is 3.19. The van der Waals surface area contributed by atoms with Gasteiger partial charge in [-0.1, -0.05) is 0 Å². The van der Waals surface area contributed by atoms with Crippen molar-refractivity contribution in [3.63, 3.8) is 0 Å². The van der Waals surface area contributed by atoms with Crippen molar-refractivity contribution < 1.29 is 14.2 Å². The number of fused-ring (bicyclic) bond motifs is 1. The molecule has 2 heterocycles. The minimum absolute atomic E-state index is 0.0415. The Morgan fingerprint density at radius 2 is 2.25 bits per heavy atom. The van der Waals surface area contributed by atoms with Crippen molar-refractivity contribution >= 4 is 5.69 Å². The molecule has 102 valence electrons. The summed E-state index contributed by atoms with van der Waals surface area (Å²) in [6.45, 7) is 1.75. The molecular formula is C14H13N3O3. The van der Waals surface area contributed by atoms with Crippen molar-refractivity contribution in [1.82, 2.24) is 0 Å². The maximum absolute atomic E-state index is 9.31. The Bertz CT molecular complexity index is 687. The number of hydrogen-bond acceptors (Lipinski definition) is 6. The number of rotatable bonds is 1. The number of nitriles is 1. The van der Waals surface area contributed by atoms with E-state index >= 15 is 0 Å². The number of allylic oxidation sites excluding steroid dienone is 1. The van der Waals surface area contributed by atoms with Crippen LogP contribution in [0.1, 0.15) is 6.92 Å². The van der Waals surface area contributed by atoms with Gasteiger partial charge in [0.15, 0.2) is 5.57 Å². The van der Waals surface area contributed by atoms with Crippen LogP contribution in [0.3, 0.4) is 0 Å². The molecule has 1 aromatic carbocycles. The molecule has 0 saturated heterocycles. The number of hydrogen-bond donors (Lipinski definition) is 2. The Hall–Kier alpha value is -2.81. The zero-order valence-corrected chi connectivity index (χ0v) is 11.1. The Labute approximate surface area is 116 Å². The Morgan fingerprint density at radius 3 is 2.95 bits per heavy atom. The summed E-state index contributed by atoms with van der Waals surface area (Å²) < 4.78 is 16.3. The van der Waals surface area contributed by atoms with Crippen molar-refractivity contribution in [2.45, 2.75) is 12.6 Å². The highest BCUT2D eigenvalue weighted by Gasteiger charge is 2.46. The predicted octanol–water partition coefficient (Wildman–Crippen LogP) is 1.82. The Kier molecular flexibility index (Phi) is 2.51. The molecule has 6 nitrogen and oxygen atoms in total. The smallest absolute Gasteiger partial charge is 0.245 e. The molecule has 0 bridgehead atoms. The van der Waals surface area contributed by atoms with Crippen molar-refractivity contribution in [2.75, 3.05) is 12.4 Å². The lowest BCUT2D eigenvalue weighted by molar-refractivity contribution is 0.175. The zero-order valence-electron chi connectivity index (χ0n) is 11.1. The first-order chi connectivity index (χ1) is 9.58. The molecule has 0 radical (unpaired) electrons. The molecule has 3 N–H and O–H groups in total. The second-order valence-electron chi connectivity index (χ2n) is 4.53. The van der Waals surface area contributed by atoms with Gasteiger partial charge in [-0.25, -0.2) is 0 Å². The van der Waals surface area contributed by atoms with E-state index in [-0.39, 0.29) is 11.5 Å². The summed E-state index contributed by atoms with van der Waals surface area (Å²) >= 11 is 0. The van der Waals surface area contributed by atoms with E-state index in [2.05, 4.69) is 5.32 Å². The van der Waals surface area contributed by atoms with Gasteiger partial charge >= 0.3 is 0 Å². The van der Waals surface area contributed by atoms with Crippen LogP contribution < -0.4 is 20.5 Å². The molecule has 6 heteroatoms. The van der Waals surface area contributed by atoms with Crippen LogP contribution in [0.5, 0.6) is 11.5 Å². The van der Waals surface area contributed by atoms with Crippen LogP contribution in [0.2, 0.25) is 0 Å². The summed E-state index contributed by atoms with van der Waals surface area (Å²) in [7, 11) is 1.59. The van der Waals surface area contributed by atoms with Crippen LogP contribution >= 0.6 is 0 Å². The van der Waals surface area contributed by atoms with Gasteiger partial charge in [0.05, 0.1) is 12.8 Å². The molecule has 3 rings (SSSR count). The Morgan fingerprint density at radius 1 is 1.45 bits per heavy atom. The number of nitrogens with one attached hydrogen (secondary N) is 1. The molecule has 20 heavy (non-hydrogen) atoms. The third kappa shape index (κ3) is 1.64. The van der Waals surface area contributed by atoms with E-state index in [4.69, 9.17) is 19.9 Å². The fourth-order valence-electron chi connectivity index (χ4n) is 2.33. The fraction of sp³-hybridized carbons (Fsp3) is 0.214. The van der Waals surface area contributed by atoms with E-state index in [1.807, 2.05) is 6.07 Å². The number of ether oxygens (including phenoxy) is 3. The van der Waals surface area contributed by atoms with E-state index < -0.39 is 5.72 Å². The van der Waals surface area contributed by atoms with E-state index in [0.29, 0.717) is 17.3 Å². The topological polar surface area (TPSA) is 89.5 Å². The second-order valence-corrected chi connectivity index (χ2v) is 4.53. The van der Waals surface area contributed by atoms with Crippen LogP contribution in [0.4, 0.5) is 5.69 Å². The molecule has 1 atom stereocenters. The normalized spacial score (nSPS) is 23.1. The summed E-state index contributed by atoms with van der Waals surface area (Å²) in [4.78, 5) is 0. The third-order valence-electron chi connectivity index (χ3n) is 3.19. The summed E-state index contributed by atoms with van der Waals surface area (Å²) in [5.74, 6) is 1.92. The van der Waals surface area contributed by atoms with Gasteiger partial charge in [-0.2, -0.15) is 5.26 Å². The van der Waals surface area contributed by atoms with Crippen molar-refractivity contribution in [1.29, 1.82) is 5.26 Å². The highest BCUT2D eigenvalue weighted by atomic mass is 16.5. The molecule has 2 aliphatic rings. The molecule has 1 aromatic rings. The number of methoxy groups -OCH3 is 1. The lowest BCUT2D eigenvalue weighted by Crippen LogP contribution is -2.44. The number of anilines is 1. The summed E-state index contributed by atoms with van der Waals surface area (Å²) in [5.41, 5.74) is 5.58. The van der Waals surface area contributed by atoms with Crippen LogP contribution in [0.25, 0.3) is 0 Å². The minimum Gasteiger partial charge on any atom is -0.497 e. The van der Waals surface area contributed by atoms with Gasteiger partial charge in [0, 0.05) is 12.1 Å². The van der Waals surface area contributed by atoms with E-state index in [0.717, 1.165) is 5.69 Å². The molecule has 0 saturated carbocycles. The molecule has 2 aliphatic heterocycles. The van der Waals surface area contributed by atoms with Crippen LogP contribution in [-0.2, 0) is 4.74 Å². The molecule has 0 aromatic heterocycles. The molecule has 0 fully saturated rings. The number of benzene rings is 1. The SMILES string of the molecule is COc1ccc2c(c1)N[C@@]1(C=C(C)OC(N)=C1C#N)O2. The molecular weight excluding hydrogens is 258 g/mol. The molecule has 1 spiro atoms. The van der Waals surface area contributed by atoms with Crippen molar-refractivity contribution in [3.05, 3.63) is 41.5 Å². The molecule has 0 aliphatic carbocycles. The van der Waals surface area contributed by atoms with Crippen LogP contribution in [-0.4, -0.2) is 12.8 Å². The second kappa shape index (κ2) is 4.10. The van der Waals surface area contributed by atoms with Gasteiger partial charge < -0.3 is 25.3 Å². The average molecular weight is 271 g/mol. The average Bonchev–Trinajstić information content (AvgIpc) is 2.74. The molecule has 0 amide bonds. The zero-order chi connectivity index (χ0) is 14.3. The first-order valence-corrected chi connectivity index (χ1v) is 6.01. The summed E-state index contributed by atoms with van der Waals surface area (Å²) in [5, 5.41) is 12.5. The fourth-order valence-corrected chi connectivity index (χ4v) is 2.33. The predicted molar refractivity (Wildman–Crippen MR) is 71.6 cm³/mol. The van der Waals surface area contributed by atoms with E-state index in [1.54, 1.807) is 38.3 Å². The van der Waals surface area contributed by atoms with Gasteiger partial charge in [-0.15, -0.1) is 0 Å². The summed E-state index contributed by atoms with van der Waals surface area (Å²) in [6.07, 6.45) is 1.69. The van der Waals surface area contributed by atoms with E-state index in [9.17, 15) is 5.26 Å². The monoisotopic (exact) mass is 271 g/mol. The summed E-state index contributed by atoms with van der Waals surface area (Å²) in [6, 6.07) is 7.40. The van der Waals surface area contributed by atoms with Gasteiger partial charge in [0.25, 0.3) is 0 Å². The maximum atomic E-state index is 9.31. The maximum Gasteiger partial charge on any atom is 0.245 e. The van der Waals surface area contributed by atoms with Crippen LogP contribution in [0, 0.1) is 11.3 Å². The van der Waals surface area contributed by atoms with Gasteiger partial charge in [0.2, 0.25) is 11.6 Å². The number of nitrogens with zero attached hydrogens (tertiary/aromatic N) is 1. The number of nitrogens with two attached hydrogens (primary N) is 1. The molecule has 0 unspecified atom stereocenters.